The molecular formula is C20H19BrN2O4S2. The number of amides is 1. The third kappa shape index (κ3) is 5.57. The van der Waals surface area contributed by atoms with Crippen molar-refractivity contribution in [2.24, 2.45) is 4.40 Å². The number of ether oxygens (including phenoxy) is 1. The Labute approximate surface area is 182 Å². The number of nitrogens with zero attached hydrogens (tertiary/aromatic N) is 2. The summed E-state index contributed by atoms with van der Waals surface area (Å²) >= 11 is 4.44. The van der Waals surface area contributed by atoms with E-state index in [0.29, 0.717) is 24.5 Å². The molecule has 0 spiro atoms. The fourth-order valence-corrected chi connectivity index (χ4v) is 5.09. The van der Waals surface area contributed by atoms with Crippen molar-refractivity contribution in [1.82, 2.24) is 4.90 Å². The van der Waals surface area contributed by atoms with Crippen LogP contribution in [0.3, 0.4) is 0 Å². The van der Waals surface area contributed by atoms with Gasteiger partial charge in [-0.05, 0) is 54.1 Å². The molecule has 1 saturated heterocycles. The minimum atomic E-state index is -3.92. The van der Waals surface area contributed by atoms with Gasteiger partial charge in [-0.2, -0.15) is 8.42 Å². The van der Waals surface area contributed by atoms with Crippen molar-refractivity contribution in [1.29, 1.82) is 0 Å². The van der Waals surface area contributed by atoms with Gasteiger partial charge < -0.3 is 4.74 Å². The molecule has 29 heavy (non-hydrogen) atoms. The summed E-state index contributed by atoms with van der Waals surface area (Å²) in [7, 11) is -2.35. The molecule has 1 fully saturated rings. The first kappa shape index (κ1) is 21.8. The highest BCUT2D eigenvalue weighted by Gasteiger charge is 2.34. The summed E-state index contributed by atoms with van der Waals surface area (Å²) in [5.74, 6) is -0.268. The van der Waals surface area contributed by atoms with Gasteiger partial charge >= 0.3 is 0 Å². The topological polar surface area (TPSA) is 76.0 Å². The first-order chi connectivity index (χ1) is 13.9. The number of hydrogen-bond donors (Lipinski definition) is 0. The first-order valence-electron chi connectivity index (χ1n) is 8.76. The van der Waals surface area contributed by atoms with Crippen molar-refractivity contribution in [2.45, 2.75) is 11.3 Å². The maximum absolute atomic E-state index is 12.9. The van der Waals surface area contributed by atoms with Gasteiger partial charge in [-0.25, -0.2) is 0 Å². The van der Waals surface area contributed by atoms with E-state index in [2.05, 4.69) is 20.3 Å². The summed E-state index contributed by atoms with van der Waals surface area (Å²) in [6.45, 7) is 0.777. The zero-order valence-electron chi connectivity index (χ0n) is 15.6. The van der Waals surface area contributed by atoms with Crippen molar-refractivity contribution in [3.8, 4) is 0 Å². The second kappa shape index (κ2) is 9.71. The Kier molecular flexibility index (Phi) is 7.28. The highest BCUT2D eigenvalue weighted by Crippen LogP contribution is 2.34. The molecule has 0 aromatic heterocycles. The number of amidine groups is 1. The van der Waals surface area contributed by atoms with E-state index in [1.54, 1.807) is 31.4 Å². The second-order valence-electron chi connectivity index (χ2n) is 6.13. The predicted molar refractivity (Wildman–Crippen MR) is 119 cm³/mol. The lowest BCUT2D eigenvalue weighted by molar-refractivity contribution is -0.122. The molecule has 152 valence electrons. The Bertz CT molecular complexity index is 1040. The van der Waals surface area contributed by atoms with E-state index in [-0.39, 0.29) is 16.0 Å². The molecule has 0 saturated carbocycles. The lowest BCUT2D eigenvalue weighted by Crippen LogP contribution is -2.31. The number of halogens is 1. The van der Waals surface area contributed by atoms with E-state index in [1.165, 1.54) is 17.0 Å². The Balaban J connectivity index is 1.94. The lowest BCUT2D eigenvalue weighted by atomic mass is 10.2. The SMILES string of the molecule is COCCCN1C(=O)/C(=C\c2ccc(Br)cc2)S/C1=N\S(=O)(=O)c1ccccc1. The quantitative estimate of drug-likeness (QED) is 0.426. The van der Waals surface area contributed by atoms with Crippen molar-refractivity contribution in [3.63, 3.8) is 0 Å². The second-order valence-corrected chi connectivity index (χ2v) is 9.66. The summed E-state index contributed by atoms with van der Waals surface area (Å²) < 4.78 is 35.3. The Morgan fingerprint density at radius 2 is 1.83 bits per heavy atom. The number of rotatable bonds is 7. The average Bonchev–Trinajstić information content (AvgIpc) is 2.99. The standard InChI is InChI=1S/C20H19BrN2O4S2/c1-27-13-5-12-23-19(24)18(14-15-8-10-16(21)11-9-15)28-20(23)22-29(25,26)17-6-3-2-4-7-17/h2-4,6-11,14H,5,12-13H2,1H3/b18-14+,22-20-. The van der Waals surface area contributed by atoms with Gasteiger partial charge in [0.15, 0.2) is 5.17 Å². The predicted octanol–water partition coefficient (Wildman–Crippen LogP) is 4.15. The molecule has 0 unspecified atom stereocenters. The van der Waals surface area contributed by atoms with Crippen LogP contribution in [-0.4, -0.2) is 44.7 Å². The van der Waals surface area contributed by atoms with Gasteiger partial charge in [-0.3, -0.25) is 9.69 Å². The van der Waals surface area contributed by atoms with Crippen molar-refractivity contribution in [2.75, 3.05) is 20.3 Å². The van der Waals surface area contributed by atoms with Crippen LogP contribution in [0.4, 0.5) is 0 Å². The van der Waals surface area contributed by atoms with Gasteiger partial charge in [-0.15, -0.1) is 4.40 Å². The molecule has 3 rings (SSSR count). The van der Waals surface area contributed by atoms with Gasteiger partial charge in [0, 0.05) is 24.7 Å². The molecule has 6 nitrogen and oxygen atoms in total. The van der Waals surface area contributed by atoms with Gasteiger partial charge in [0.2, 0.25) is 0 Å². The monoisotopic (exact) mass is 494 g/mol. The maximum atomic E-state index is 12.9. The maximum Gasteiger partial charge on any atom is 0.284 e. The number of carbonyl (C=O) groups excluding carboxylic acids is 1. The van der Waals surface area contributed by atoms with E-state index in [1.807, 2.05) is 24.3 Å². The Morgan fingerprint density at radius 3 is 2.48 bits per heavy atom. The van der Waals surface area contributed by atoms with Crippen molar-refractivity contribution < 1.29 is 17.9 Å². The van der Waals surface area contributed by atoms with Gasteiger partial charge in [0.25, 0.3) is 15.9 Å². The molecule has 0 bridgehead atoms. The van der Waals surface area contributed by atoms with Crippen LogP contribution in [0.5, 0.6) is 0 Å². The Morgan fingerprint density at radius 1 is 1.14 bits per heavy atom. The van der Waals surface area contributed by atoms with Crippen molar-refractivity contribution >= 4 is 54.9 Å². The molecule has 1 heterocycles. The van der Waals surface area contributed by atoms with Gasteiger partial charge in [-0.1, -0.05) is 46.3 Å². The highest BCUT2D eigenvalue weighted by molar-refractivity contribution is 9.10. The van der Waals surface area contributed by atoms with Crippen LogP contribution in [0.25, 0.3) is 6.08 Å². The zero-order valence-corrected chi connectivity index (χ0v) is 18.8. The van der Waals surface area contributed by atoms with Crippen LogP contribution in [0.1, 0.15) is 12.0 Å². The van der Waals surface area contributed by atoms with Crippen molar-refractivity contribution in [3.05, 3.63) is 69.5 Å². The van der Waals surface area contributed by atoms with E-state index >= 15 is 0 Å². The minimum absolute atomic E-state index is 0.0859. The van der Waals surface area contributed by atoms with E-state index < -0.39 is 10.0 Å². The summed E-state index contributed by atoms with van der Waals surface area (Å²) in [5, 5.41) is 0.151. The smallest absolute Gasteiger partial charge is 0.284 e. The number of sulfonamides is 1. The molecule has 0 atom stereocenters. The molecule has 2 aromatic carbocycles. The zero-order chi connectivity index (χ0) is 20.9. The van der Waals surface area contributed by atoms with Crippen LogP contribution >= 0.6 is 27.7 Å². The molecule has 1 aliphatic heterocycles. The summed E-state index contributed by atoms with van der Waals surface area (Å²) in [5.41, 5.74) is 0.841. The van der Waals surface area contributed by atoms with Crippen LogP contribution in [0, 0.1) is 0 Å². The van der Waals surface area contributed by atoms with Crippen LogP contribution in [-0.2, 0) is 19.6 Å². The van der Waals surface area contributed by atoms with Gasteiger partial charge in [0.05, 0.1) is 9.80 Å². The summed E-state index contributed by atoms with van der Waals surface area (Å²) in [6.07, 6.45) is 2.30. The molecule has 0 aliphatic carbocycles. The Hall–Kier alpha value is -1.94. The molecule has 9 heteroatoms. The minimum Gasteiger partial charge on any atom is -0.385 e. The fraction of sp³-hybridized carbons (Fsp3) is 0.200. The molecule has 0 radical (unpaired) electrons. The highest BCUT2D eigenvalue weighted by atomic mass is 79.9. The summed E-state index contributed by atoms with van der Waals surface area (Å²) in [4.78, 5) is 14.8. The number of carbonyl (C=O) groups is 1. The molecular weight excluding hydrogens is 476 g/mol. The first-order valence-corrected chi connectivity index (χ1v) is 11.8. The van der Waals surface area contributed by atoms with Crippen LogP contribution in [0.2, 0.25) is 0 Å². The number of thioether (sulfide) groups is 1. The largest absolute Gasteiger partial charge is 0.385 e. The number of hydrogen-bond acceptors (Lipinski definition) is 5. The van der Waals surface area contributed by atoms with E-state index in [9.17, 15) is 13.2 Å². The third-order valence-corrected chi connectivity index (χ3v) is 6.96. The number of benzene rings is 2. The molecule has 1 amide bonds. The van der Waals surface area contributed by atoms with Gasteiger partial charge in [0.1, 0.15) is 0 Å². The molecule has 2 aromatic rings. The molecule has 1 aliphatic rings. The lowest BCUT2D eigenvalue weighted by Gasteiger charge is -2.15. The molecule has 0 N–H and O–H groups in total. The van der Waals surface area contributed by atoms with E-state index in [4.69, 9.17) is 4.74 Å². The fourth-order valence-electron chi connectivity index (χ4n) is 2.60. The average molecular weight is 495 g/mol. The van der Waals surface area contributed by atoms with Crippen LogP contribution in [0.15, 0.2) is 73.3 Å². The third-order valence-electron chi connectivity index (χ3n) is 4.03. The normalized spacial score (nSPS) is 17.4. The summed E-state index contributed by atoms with van der Waals surface area (Å²) in [6, 6.07) is 15.5. The van der Waals surface area contributed by atoms with E-state index in [0.717, 1.165) is 21.8 Å². The van der Waals surface area contributed by atoms with Crippen LogP contribution < -0.4 is 0 Å². The number of methoxy groups -OCH3 is 1.